The van der Waals surface area contributed by atoms with E-state index in [1.54, 1.807) is 0 Å². The normalized spacial score (nSPS) is 13.8. The minimum atomic E-state index is 0.822. The fourth-order valence-electron chi connectivity index (χ4n) is 2.17. The molecule has 0 saturated carbocycles. The summed E-state index contributed by atoms with van der Waals surface area (Å²) in [5.41, 5.74) is 10.4. The standard InChI is InChI=1S/C15H16N2S/c16-13-4-1-11(2-5-13)9-12-3-6-15-14(10-12)17-7-8-18-15/h1-6,10,17H,7-9,16H2. The molecule has 3 heteroatoms. The number of nitrogens with one attached hydrogen (secondary N) is 1. The summed E-state index contributed by atoms with van der Waals surface area (Å²) < 4.78 is 0. The first-order chi connectivity index (χ1) is 8.81. The Morgan fingerprint density at radius 3 is 2.67 bits per heavy atom. The lowest BCUT2D eigenvalue weighted by molar-refractivity contribution is 1.13. The molecule has 0 radical (unpaired) electrons. The Hall–Kier alpha value is -1.61. The SMILES string of the molecule is Nc1ccc(Cc2ccc3c(c2)NCCS3)cc1. The predicted molar refractivity (Wildman–Crippen MR) is 79.3 cm³/mol. The summed E-state index contributed by atoms with van der Waals surface area (Å²) in [5, 5.41) is 3.46. The molecule has 1 aliphatic rings. The van der Waals surface area contributed by atoms with E-state index >= 15 is 0 Å². The summed E-state index contributed by atoms with van der Waals surface area (Å²) in [6.45, 7) is 1.06. The number of rotatable bonds is 2. The van der Waals surface area contributed by atoms with E-state index < -0.39 is 0 Å². The zero-order valence-electron chi connectivity index (χ0n) is 10.1. The van der Waals surface area contributed by atoms with Crippen molar-refractivity contribution in [2.45, 2.75) is 11.3 Å². The highest BCUT2D eigenvalue weighted by atomic mass is 32.2. The molecule has 0 atom stereocenters. The van der Waals surface area contributed by atoms with Gasteiger partial charge in [0.2, 0.25) is 0 Å². The summed E-state index contributed by atoms with van der Waals surface area (Å²) in [5.74, 6) is 1.16. The van der Waals surface area contributed by atoms with Crippen molar-refractivity contribution in [3.63, 3.8) is 0 Å². The van der Waals surface area contributed by atoms with Crippen LogP contribution in [0.25, 0.3) is 0 Å². The molecule has 2 nitrogen and oxygen atoms in total. The minimum Gasteiger partial charge on any atom is -0.399 e. The third-order valence-corrected chi connectivity index (χ3v) is 4.18. The Kier molecular flexibility index (Phi) is 3.15. The van der Waals surface area contributed by atoms with Crippen LogP contribution in [0.1, 0.15) is 11.1 Å². The monoisotopic (exact) mass is 256 g/mol. The van der Waals surface area contributed by atoms with Crippen LogP contribution in [0.3, 0.4) is 0 Å². The van der Waals surface area contributed by atoms with Gasteiger partial charge in [0, 0.05) is 28.6 Å². The topological polar surface area (TPSA) is 38.0 Å². The second-order valence-corrected chi connectivity index (χ2v) is 5.66. The Bertz CT molecular complexity index is 549. The average molecular weight is 256 g/mol. The van der Waals surface area contributed by atoms with E-state index in [1.807, 2.05) is 23.9 Å². The van der Waals surface area contributed by atoms with Crippen molar-refractivity contribution in [1.29, 1.82) is 0 Å². The minimum absolute atomic E-state index is 0.822. The molecule has 0 bridgehead atoms. The molecule has 0 aliphatic carbocycles. The number of nitrogen functional groups attached to an aromatic ring is 1. The Balaban J connectivity index is 1.82. The highest BCUT2D eigenvalue weighted by Crippen LogP contribution is 2.31. The fourth-order valence-corrected chi connectivity index (χ4v) is 3.04. The van der Waals surface area contributed by atoms with Crippen molar-refractivity contribution in [1.82, 2.24) is 0 Å². The number of hydrogen-bond donors (Lipinski definition) is 2. The van der Waals surface area contributed by atoms with Gasteiger partial charge >= 0.3 is 0 Å². The first-order valence-electron chi connectivity index (χ1n) is 6.15. The van der Waals surface area contributed by atoms with Crippen LogP contribution >= 0.6 is 11.8 Å². The number of fused-ring (bicyclic) bond motifs is 1. The van der Waals surface area contributed by atoms with Gasteiger partial charge in [0.05, 0.1) is 0 Å². The van der Waals surface area contributed by atoms with E-state index in [0.29, 0.717) is 0 Å². The van der Waals surface area contributed by atoms with Gasteiger partial charge < -0.3 is 11.1 Å². The van der Waals surface area contributed by atoms with Crippen LogP contribution in [-0.2, 0) is 6.42 Å². The third kappa shape index (κ3) is 2.46. The number of nitrogens with two attached hydrogens (primary N) is 1. The molecule has 3 rings (SSSR count). The molecule has 1 aliphatic heterocycles. The molecule has 0 unspecified atom stereocenters. The molecular weight excluding hydrogens is 240 g/mol. The molecular formula is C15H16N2S. The molecule has 0 aromatic heterocycles. The molecule has 3 N–H and O–H groups in total. The van der Waals surface area contributed by atoms with Gasteiger partial charge in [-0.05, 0) is 41.8 Å². The van der Waals surface area contributed by atoms with Gasteiger partial charge in [-0.15, -0.1) is 11.8 Å². The zero-order valence-corrected chi connectivity index (χ0v) is 11.0. The lowest BCUT2D eigenvalue weighted by Crippen LogP contribution is -2.10. The summed E-state index contributed by atoms with van der Waals surface area (Å²) in [6, 6.07) is 14.8. The fraction of sp³-hybridized carbons (Fsp3) is 0.200. The Labute approximate surface area is 112 Å². The highest BCUT2D eigenvalue weighted by molar-refractivity contribution is 7.99. The van der Waals surface area contributed by atoms with Crippen molar-refractivity contribution in [2.24, 2.45) is 0 Å². The maximum Gasteiger partial charge on any atom is 0.0481 e. The smallest absolute Gasteiger partial charge is 0.0481 e. The summed E-state index contributed by atoms with van der Waals surface area (Å²) in [4.78, 5) is 1.36. The zero-order chi connectivity index (χ0) is 12.4. The molecule has 0 amide bonds. The summed E-state index contributed by atoms with van der Waals surface area (Å²) in [7, 11) is 0. The second kappa shape index (κ2) is 4.94. The number of benzene rings is 2. The summed E-state index contributed by atoms with van der Waals surface area (Å²) in [6.07, 6.45) is 0.958. The van der Waals surface area contributed by atoms with Crippen molar-refractivity contribution in [2.75, 3.05) is 23.3 Å². The summed E-state index contributed by atoms with van der Waals surface area (Å²) >= 11 is 1.93. The maximum atomic E-state index is 5.70. The molecule has 1 heterocycles. The van der Waals surface area contributed by atoms with Crippen LogP contribution in [0.2, 0.25) is 0 Å². The molecule has 0 fully saturated rings. The first kappa shape index (κ1) is 11.5. The van der Waals surface area contributed by atoms with Gasteiger partial charge in [0.25, 0.3) is 0 Å². The van der Waals surface area contributed by atoms with Gasteiger partial charge in [-0.1, -0.05) is 18.2 Å². The van der Waals surface area contributed by atoms with E-state index in [0.717, 1.165) is 24.4 Å². The highest BCUT2D eigenvalue weighted by Gasteiger charge is 2.09. The number of thioether (sulfide) groups is 1. The second-order valence-electron chi connectivity index (χ2n) is 4.52. The van der Waals surface area contributed by atoms with Crippen LogP contribution in [0.5, 0.6) is 0 Å². The Morgan fingerprint density at radius 2 is 1.83 bits per heavy atom. The largest absolute Gasteiger partial charge is 0.399 e. The van der Waals surface area contributed by atoms with Gasteiger partial charge in [0.1, 0.15) is 0 Å². The van der Waals surface area contributed by atoms with Crippen LogP contribution < -0.4 is 11.1 Å². The molecule has 2 aromatic carbocycles. The first-order valence-corrected chi connectivity index (χ1v) is 7.14. The van der Waals surface area contributed by atoms with Crippen molar-refractivity contribution in [3.05, 3.63) is 53.6 Å². The van der Waals surface area contributed by atoms with E-state index in [1.165, 1.54) is 21.7 Å². The van der Waals surface area contributed by atoms with E-state index in [4.69, 9.17) is 5.73 Å². The number of hydrogen-bond acceptors (Lipinski definition) is 3. The van der Waals surface area contributed by atoms with Gasteiger partial charge in [-0.2, -0.15) is 0 Å². The van der Waals surface area contributed by atoms with E-state index in [9.17, 15) is 0 Å². The average Bonchev–Trinajstić information content (AvgIpc) is 2.41. The third-order valence-electron chi connectivity index (χ3n) is 3.11. The van der Waals surface area contributed by atoms with Crippen molar-refractivity contribution >= 4 is 23.1 Å². The van der Waals surface area contributed by atoms with Crippen LogP contribution in [0.15, 0.2) is 47.4 Å². The van der Waals surface area contributed by atoms with Crippen molar-refractivity contribution < 1.29 is 0 Å². The molecule has 0 saturated heterocycles. The molecule has 2 aromatic rings. The quantitative estimate of drug-likeness (QED) is 0.809. The van der Waals surface area contributed by atoms with E-state index in [-0.39, 0.29) is 0 Å². The van der Waals surface area contributed by atoms with Gasteiger partial charge in [0.15, 0.2) is 0 Å². The van der Waals surface area contributed by atoms with Gasteiger partial charge in [-0.25, -0.2) is 0 Å². The van der Waals surface area contributed by atoms with Crippen molar-refractivity contribution in [3.8, 4) is 0 Å². The van der Waals surface area contributed by atoms with Crippen LogP contribution in [0.4, 0.5) is 11.4 Å². The predicted octanol–water partition coefficient (Wildman–Crippen LogP) is 3.38. The molecule has 18 heavy (non-hydrogen) atoms. The van der Waals surface area contributed by atoms with E-state index in [2.05, 4.69) is 35.6 Å². The maximum absolute atomic E-state index is 5.70. The van der Waals surface area contributed by atoms with Gasteiger partial charge in [-0.3, -0.25) is 0 Å². The number of anilines is 2. The molecule has 92 valence electrons. The lowest BCUT2D eigenvalue weighted by atomic mass is 10.0. The van der Waals surface area contributed by atoms with Crippen LogP contribution in [0, 0.1) is 0 Å². The lowest BCUT2D eigenvalue weighted by Gasteiger charge is -2.18. The van der Waals surface area contributed by atoms with Crippen LogP contribution in [-0.4, -0.2) is 12.3 Å². The Morgan fingerprint density at radius 1 is 1.06 bits per heavy atom. The molecule has 0 spiro atoms.